The number of hydrogen-bond donors (Lipinski definition) is 1. The van der Waals surface area contributed by atoms with Gasteiger partial charge in [-0.2, -0.15) is 5.10 Å². The van der Waals surface area contributed by atoms with Crippen molar-refractivity contribution in [3.8, 4) is 17.0 Å². The molecular weight excluding hydrogens is 302 g/mol. The minimum atomic E-state index is -0.122. The lowest BCUT2D eigenvalue weighted by molar-refractivity contribution is 0.0988. The number of benzene rings is 2. The fraction of sp³-hybridized carbons (Fsp3) is 0.158. The molecule has 0 radical (unpaired) electrons. The Balaban J connectivity index is 1.58. The second-order valence-corrected chi connectivity index (χ2v) is 5.79. The van der Waals surface area contributed by atoms with Gasteiger partial charge in [-0.3, -0.25) is 9.89 Å². The summed E-state index contributed by atoms with van der Waals surface area (Å²) in [5.74, 6) is 0.788. The van der Waals surface area contributed by atoms with Crippen LogP contribution in [0.15, 0.2) is 54.6 Å². The van der Waals surface area contributed by atoms with E-state index in [1.807, 2.05) is 48.5 Å². The molecule has 24 heavy (non-hydrogen) atoms. The summed E-state index contributed by atoms with van der Waals surface area (Å²) in [5, 5.41) is 7.09. The molecule has 1 aliphatic rings. The largest absolute Gasteiger partial charge is 0.493 e. The van der Waals surface area contributed by atoms with Crippen LogP contribution in [0.3, 0.4) is 0 Å². The molecule has 0 bridgehead atoms. The Morgan fingerprint density at radius 2 is 2.00 bits per heavy atom. The Morgan fingerprint density at radius 1 is 1.17 bits per heavy atom. The van der Waals surface area contributed by atoms with E-state index in [9.17, 15) is 4.79 Å². The average molecular weight is 319 g/mol. The van der Waals surface area contributed by atoms with E-state index < -0.39 is 0 Å². The van der Waals surface area contributed by atoms with Crippen LogP contribution in [-0.4, -0.2) is 29.8 Å². The normalized spacial score (nSPS) is 12.5. The molecule has 1 aromatic heterocycles. The molecule has 0 fully saturated rings. The molecule has 0 spiro atoms. The Bertz CT molecular complexity index is 887. The maximum absolute atomic E-state index is 12.7. The summed E-state index contributed by atoms with van der Waals surface area (Å²) in [7, 11) is 1.77. The summed E-state index contributed by atoms with van der Waals surface area (Å²) >= 11 is 0. The average Bonchev–Trinajstić information content (AvgIpc) is 3.30. The number of fused-ring (bicyclic) bond motifs is 1. The number of nitrogens with zero attached hydrogens (tertiary/aromatic N) is 2. The number of anilines is 1. The molecule has 1 amide bonds. The van der Waals surface area contributed by atoms with Gasteiger partial charge < -0.3 is 9.64 Å². The lowest BCUT2D eigenvalue weighted by Crippen LogP contribution is -2.26. The molecule has 0 saturated carbocycles. The van der Waals surface area contributed by atoms with E-state index in [4.69, 9.17) is 4.74 Å². The Hall–Kier alpha value is -3.08. The van der Waals surface area contributed by atoms with E-state index in [-0.39, 0.29) is 5.91 Å². The van der Waals surface area contributed by atoms with Gasteiger partial charge in [-0.05, 0) is 29.8 Å². The Kier molecular flexibility index (Phi) is 3.54. The van der Waals surface area contributed by atoms with Gasteiger partial charge in [0.05, 0.1) is 12.3 Å². The van der Waals surface area contributed by atoms with Gasteiger partial charge in [-0.25, -0.2) is 0 Å². The molecule has 120 valence electrons. The van der Waals surface area contributed by atoms with Crippen LogP contribution in [-0.2, 0) is 6.42 Å². The van der Waals surface area contributed by atoms with Crippen molar-refractivity contribution >= 4 is 11.6 Å². The first kappa shape index (κ1) is 14.5. The van der Waals surface area contributed by atoms with Gasteiger partial charge in [0.2, 0.25) is 0 Å². The fourth-order valence-electron chi connectivity index (χ4n) is 2.87. The highest BCUT2D eigenvalue weighted by atomic mass is 16.5. The highest BCUT2D eigenvalue weighted by Gasteiger charge is 2.19. The quantitative estimate of drug-likeness (QED) is 0.806. The number of carbonyl (C=O) groups excluding carboxylic acids is 1. The third-order valence-corrected chi connectivity index (χ3v) is 4.24. The van der Waals surface area contributed by atoms with Crippen molar-refractivity contribution in [2.45, 2.75) is 6.42 Å². The zero-order chi connectivity index (χ0) is 16.5. The van der Waals surface area contributed by atoms with Crippen molar-refractivity contribution in [2.75, 3.05) is 18.6 Å². The molecular formula is C19H17N3O2. The second kappa shape index (κ2) is 5.85. The van der Waals surface area contributed by atoms with Crippen LogP contribution in [0, 0.1) is 0 Å². The minimum absolute atomic E-state index is 0.122. The van der Waals surface area contributed by atoms with E-state index in [0.717, 1.165) is 34.7 Å². The molecule has 0 atom stereocenters. The van der Waals surface area contributed by atoms with E-state index in [0.29, 0.717) is 12.3 Å². The predicted octanol–water partition coefficient (Wildman–Crippen LogP) is 3.29. The minimum Gasteiger partial charge on any atom is -0.493 e. The number of aromatic nitrogens is 2. The SMILES string of the molecule is CN(C(=O)c1cc(-c2ccccc2)n[nH]1)c1ccc2c(c1)CCO2. The monoisotopic (exact) mass is 319 g/mol. The van der Waals surface area contributed by atoms with E-state index >= 15 is 0 Å². The fourth-order valence-corrected chi connectivity index (χ4v) is 2.87. The van der Waals surface area contributed by atoms with Gasteiger partial charge in [0.15, 0.2) is 0 Å². The molecule has 5 heteroatoms. The first-order valence-corrected chi connectivity index (χ1v) is 7.87. The van der Waals surface area contributed by atoms with Crippen molar-refractivity contribution in [3.63, 3.8) is 0 Å². The molecule has 1 N–H and O–H groups in total. The Labute approximate surface area is 139 Å². The summed E-state index contributed by atoms with van der Waals surface area (Å²) in [6.45, 7) is 0.706. The van der Waals surface area contributed by atoms with Crippen molar-refractivity contribution < 1.29 is 9.53 Å². The molecule has 0 unspecified atom stereocenters. The summed E-state index contributed by atoms with van der Waals surface area (Å²) in [5.41, 5.74) is 4.19. The van der Waals surface area contributed by atoms with Crippen LogP contribution in [0.25, 0.3) is 11.3 Å². The van der Waals surface area contributed by atoms with Crippen molar-refractivity contribution in [1.82, 2.24) is 10.2 Å². The lowest BCUT2D eigenvalue weighted by Gasteiger charge is -2.17. The van der Waals surface area contributed by atoms with Crippen LogP contribution in [0.4, 0.5) is 5.69 Å². The van der Waals surface area contributed by atoms with Gasteiger partial charge in [-0.1, -0.05) is 30.3 Å². The van der Waals surface area contributed by atoms with Crippen molar-refractivity contribution in [3.05, 3.63) is 65.9 Å². The molecule has 0 aliphatic carbocycles. The smallest absolute Gasteiger partial charge is 0.276 e. The van der Waals surface area contributed by atoms with Crippen LogP contribution in [0.2, 0.25) is 0 Å². The molecule has 2 heterocycles. The number of nitrogens with one attached hydrogen (secondary N) is 1. The summed E-state index contributed by atoms with van der Waals surface area (Å²) < 4.78 is 5.51. The number of ether oxygens (including phenoxy) is 1. The number of hydrogen-bond acceptors (Lipinski definition) is 3. The second-order valence-electron chi connectivity index (χ2n) is 5.79. The van der Waals surface area contributed by atoms with Gasteiger partial charge in [0, 0.05) is 24.7 Å². The lowest BCUT2D eigenvalue weighted by atomic mass is 10.1. The summed E-state index contributed by atoms with van der Waals surface area (Å²) in [6, 6.07) is 17.4. The third kappa shape index (κ3) is 2.54. The number of aromatic amines is 1. The molecule has 0 saturated heterocycles. The van der Waals surface area contributed by atoms with Crippen LogP contribution in [0.1, 0.15) is 16.1 Å². The van der Waals surface area contributed by atoms with E-state index in [1.165, 1.54) is 0 Å². The maximum atomic E-state index is 12.7. The van der Waals surface area contributed by atoms with Crippen molar-refractivity contribution in [2.24, 2.45) is 0 Å². The first-order valence-electron chi connectivity index (χ1n) is 7.87. The topological polar surface area (TPSA) is 58.2 Å². The summed E-state index contributed by atoms with van der Waals surface area (Å²) in [6.07, 6.45) is 0.882. The van der Waals surface area contributed by atoms with Gasteiger partial charge >= 0.3 is 0 Å². The van der Waals surface area contributed by atoms with Gasteiger partial charge in [-0.15, -0.1) is 0 Å². The zero-order valence-electron chi connectivity index (χ0n) is 13.3. The van der Waals surface area contributed by atoms with Crippen LogP contribution in [0.5, 0.6) is 5.75 Å². The van der Waals surface area contributed by atoms with Crippen LogP contribution >= 0.6 is 0 Å². The number of carbonyl (C=O) groups is 1. The highest BCUT2D eigenvalue weighted by Crippen LogP contribution is 2.29. The number of amides is 1. The summed E-state index contributed by atoms with van der Waals surface area (Å²) in [4.78, 5) is 14.3. The molecule has 3 aromatic rings. The van der Waals surface area contributed by atoms with E-state index in [1.54, 1.807) is 18.0 Å². The molecule has 5 nitrogen and oxygen atoms in total. The van der Waals surface area contributed by atoms with Crippen LogP contribution < -0.4 is 9.64 Å². The molecule has 4 rings (SSSR count). The predicted molar refractivity (Wildman–Crippen MR) is 92.4 cm³/mol. The van der Waals surface area contributed by atoms with Gasteiger partial charge in [0.1, 0.15) is 11.4 Å². The van der Waals surface area contributed by atoms with E-state index in [2.05, 4.69) is 10.2 Å². The Morgan fingerprint density at radius 3 is 2.83 bits per heavy atom. The maximum Gasteiger partial charge on any atom is 0.276 e. The number of rotatable bonds is 3. The van der Waals surface area contributed by atoms with Gasteiger partial charge in [0.25, 0.3) is 5.91 Å². The third-order valence-electron chi connectivity index (χ3n) is 4.24. The standard InChI is InChI=1S/C19H17N3O2/c1-22(15-7-8-18-14(11-15)9-10-24-18)19(23)17-12-16(20-21-17)13-5-3-2-4-6-13/h2-8,11-12H,9-10H2,1H3,(H,20,21). The first-order chi connectivity index (χ1) is 11.7. The molecule has 2 aromatic carbocycles. The molecule has 1 aliphatic heterocycles. The van der Waals surface area contributed by atoms with Crippen molar-refractivity contribution in [1.29, 1.82) is 0 Å². The highest BCUT2D eigenvalue weighted by molar-refractivity contribution is 6.05. The zero-order valence-corrected chi connectivity index (χ0v) is 13.3. The number of H-pyrrole nitrogens is 1.